The molecule has 1 aromatic carbocycles. The van der Waals surface area contributed by atoms with Crippen LogP contribution in [0.2, 0.25) is 0 Å². The van der Waals surface area contributed by atoms with Gasteiger partial charge >= 0.3 is 0 Å². The van der Waals surface area contributed by atoms with Crippen molar-refractivity contribution in [3.05, 3.63) is 23.5 Å². The number of amides is 1. The number of hydrogen-bond acceptors (Lipinski definition) is 2. The molecule has 0 bridgehead atoms. The second-order valence-electron chi connectivity index (χ2n) is 2.98. The molecule has 1 aromatic rings. The lowest BCUT2D eigenvalue weighted by Crippen LogP contribution is -2.20. The highest BCUT2D eigenvalue weighted by atomic mass is 19.1. The van der Waals surface area contributed by atoms with E-state index in [1.54, 1.807) is 6.07 Å². The molecule has 0 fully saturated rings. The molecule has 0 saturated carbocycles. The maximum absolute atomic E-state index is 13.2. The second-order valence-corrected chi connectivity index (χ2v) is 2.98. The first-order valence-electron chi connectivity index (χ1n) is 3.98. The number of halogens is 1. The predicted molar refractivity (Wildman–Crippen MR) is 45.0 cm³/mol. The summed E-state index contributed by atoms with van der Waals surface area (Å²) >= 11 is 0. The molecule has 68 valence electrons. The van der Waals surface area contributed by atoms with Gasteiger partial charge in [-0.05, 0) is 18.1 Å². The number of nitrogens with one attached hydrogen (secondary N) is 1. The van der Waals surface area contributed by atoms with Crippen molar-refractivity contribution >= 4 is 11.6 Å². The molecule has 0 atom stereocenters. The van der Waals surface area contributed by atoms with Gasteiger partial charge < -0.3 is 10.4 Å². The Morgan fingerprint density at radius 1 is 1.38 bits per heavy atom. The number of phenols is 1. The molecule has 1 aliphatic rings. The van der Waals surface area contributed by atoms with Crippen molar-refractivity contribution in [3.63, 3.8) is 0 Å². The fourth-order valence-electron chi connectivity index (χ4n) is 1.40. The molecular weight excluding hydrogens is 173 g/mol. The van der Waals surface area contributed by atoms with Crippen molar-refractivity contribution in [3.8, 4) is 5.75 Å². The fourth-order valence-corrected chi connectivity index (χ4v) is 1.40. The summed E-state index contributed by atoms with van der Waals surface area (Å²) in [5, 5.41) is 11.4. The maximum atomic E-state index is 13.2. The van der Waals surface area contributed by atoms with Crippen LogP contribution in [-0.2, 0) is 11.2 Å². The van der Waals surface area contributed by atoms with Crippen LogP contribution in [-0.4, -0.2) is 11.0 Å². The zero-order chi connectivity index (χ0) is 9.42. The Morgan fingerprint density at radius 3 is 2.92 bits per heavy atom. The molecule has 1 aliphatic heterocycles. The van der Waals surface area contributed by atoms with Gasteiger partial charge in [-0.3, -0.25) is 4.79 Å². The number of carbonyl (C=O) groups is 1. The third-order valence-corrected chi connectivity index (χ3v) is 2.09. The first-order chi connectivity index (χ1) is 6.18. The lowest BCUT2D eigenvalue weighted by atomic mass is 10.0. The number of carbonyl (C=O) groups excluding carboxylic acids is 1. The highest BCUT2D eigenvalue weighted by Gasteiger charge is 2.19. The summed E-state index contributed by atoms with van der Waals surface area (Å²) in [6.07, 6.45) is 0.898. The van der Waals surface area contributed by atoms with Gasteiger partial charge in [0.15, 0.2) is 11.6 Å². The van der Waals surface area contributed by atoms with E-state index in [1.165, 1.54) is 6.07 Å². The van der Waals surface area contributed by atoms with Crippen molar-refractivity contribution in [1.82, 2.24) is 0 Å². The zero-order valence-electron chi connectivity index (χ0n) is 6.80. The predicted octanol–water partition coefficient (Wildman–Crippen LogP) is 1.42. The summed E-state index contributed by atoms with van der Waals surface area (Å²) in [6.45, 7) is 0. The van der Waals surface area contributed by atoms with Crippen LogP contribution >= 0.6 is 0 Å². The molecule has 13 heavy (non-hydrogen) atoms. The number of aryl methyl sites for hydroxylation is 1. The Balaban J connectivity index is 2.54. The van der Waals surface area contributed by atoms with Crippen LogP contribution in [0.3, 0.4) is 0 Å². The zero-order valence-corrected chi connectivity index (χ0v) is 6.80. The Hall–Kier alpha value is -1.58. The maximum Gasteiger partial charge on any atom is 0.224 e. The van der Waals surface area contributed by atoms with Crippen LogP contribution < -0.4 is 5.32 Å². The number of aromatic hydroxyl groups is 1. The SMILES string of the molecule is O=C1CCc2ccc(O)c(F)c2N1. The second kappa shape index (κ2) is 2.73. The topological polar surface area (TPSA) is 49.3 Å². The molecule has 1 heterocycles. The average Bonchev–Trinajstić information content (AvgIpc) is 2.12. The van der Waals surface area contributed by atoms with E-state index in [0.29, 0.717) is 12.8 Å². The molecule has 0 saturated heterocycles. The van der Waals surface area contributed by atoms with Crippen LogP contribution in [0.25, 0.3) is 0 Å². The minimum atomic E-state index is -0.745. The van der Waals surface area contributed by atoms with Crippen molar-refractivity contribution in [1.29, 1.82) is 0 Å². The minimum Gasteiger partial charge on any atom is -0.505 e. The molecule has 1 amide bonds. The standard InChI is InChI=1S/C9H8FNO2/c10-8-6(12)3-1-5-2-4-7(13)11-9(5)8/h1,3,12H,2,4H2,(H,11,13). The van der Waals surface area contributed by atoms with E-state index in [4.69, 9.17) is 5.11 Å². The van der Waals surface area contributed by atoms with Crippen molar-refractivity contribution in [2.45, 2.75) is 12.8 Å². The number of fused-ring (bicyclic) bond motifs is 1. The normalized spacial score (nSPS) is 15.0. The van der Waals surface area contributed by atoms with Gasteiger partial charge in [0, 0.05) is 6.42 Å². The quantitative estimate of drug-likeness (QED) is 0.635. The first-order valence-corrected chi connectivity index (χ1v) is 3.98. The summed E-state index contributed by atoms with van der Waals surface area (Å²) in [5.74, 6) is -1.39. The summed E-state index contributed by atoms with van der Waals surface area (Å²) in [7, 11) is 0. The molecule has 3 nitrogen and oxygen atoms in total. The van der Waals surface area contributed by atoms with Crippen molar-refractivity contribution in [2.24, 2.45) is 0 Å². The third kappa shape index (κ3) is 1.24. The number of rotatable bonds is 0. The first kappa shape index (κ1) is 8.04. The van der Waals surface area contributed by atoms with Crippen LogP contribution in [0.1, 0.15) is 12.0 Å². The lowest BCUT2D eigenvalue weighted by Gasteiger charge is -2.17. The average molecular weight is 181 g/mol. The smallest absolute Gasteiger partial charge is 0.224 e. The largest absolute Gasteiger partial charge is 0.505 e. The molecule has 0 unspecified atom stereocenters. The molecule has 2 N–H and O–H groups in total. The summed E-state index contributed by atoms with van der Waals surface area (Å²) in [4.78, 5) is 10.9. The van der Waals surface area contributed by atoms with E-state index < -0.39 is 11.6 Å². The van der Waals surface area contributed by atoms with Crippen LogP contribution in [0, 0.1) is 5.82 Å². The van der Waals surface area contributed by atoms with Gasteiger partial charge in [0.25, 0.3) is 0 Å². The lowest BCUT2D eigenvalue weighted by molar-refractivity contribution is -0.116. The number of hydrogen-bond donors (Lipinski definition) is 2. The van der Waals surface area contributed by atoms with E-state index in [-0.39, 0.29) is 11.6 Å². The van der Waals surface area contributed by atoms with E-state index in [0.717, 1.165) is 5.56 Å². The van der Waals surface area contributed by atoms with Crippen molar-refractivity contribution in [2.75, 3.05) is 5.32 Å². The molecular formula is C9H8FNO2. The Bertz CT molecular complexity index is 376. The number of phenolic OH excluding ortho intramolecular Hbond substituents is 1. The monoisotopic (exact) mass is 181 g/mol. The van der Waals surface area contributed by atoms with Gasteiger partial charge in [-0.2, -0.15) is 0 Å². The summed E-state index contributed by atoms with van der Waals surface area (Å²) in [6, 6.07) is 2.92. The molecule has 0 aliphatic carbocycles. The summed E-state index contributed by atoms with van der Waals surface area (Å²) < 4.78 is 13.2. The van der Waals surface area contributed by atoms with Gasteiger partial charge in [0.05, 0.1) is 5.69 Å². The van der Waals surface area contributed by atoms with E-state index in [2.05, 4.69) is 5.32 Å². The van der Waals surface area contributed by atoms with E-state index >= 15 is 0 Å². The van der Waals surface area contributed by atoms with Crippen LogP contribution in [0.4, 0.5) is 10.1 Å². The molecule has 0 aromatic heterocycles. The van der Waals surface area contributed by atoms with Crippen LogP contribution in [0.5, 0.6) is 5.75 Å². The van der Waals surface area contributed by atoms with Gasteiger partial charge in [-0.1, -0.05) is 6.07 Å². The summed E-state index contributed by atoms with van der Waals surface area (Å²) in [5.41, 5.74) is 0.853. The highest BCUT2D eigenvalue weighted by molar-refractivity contribution is 5.94. The van der Waals surface area contributed by atoms with Crippen molar-refractivity contribution < 1.29 is 14.3 Å². The van der Waals surface area contributed by atoms with E-state index in [9.17, 15) is 9.18 Å². The van der Waals surface area contributed by atoms with E-state index in [1.807, 2.05) is 0 Å². The number of benzene rings is 1. The third-order valence-electron chi connectivity index (χ3n) is 2.09. The van der Waals surface area contributed by atoms with Gasteiger partial charge in [0.1, 0.15) is 0 Å². The Labute approximate surface area is 74.2 Å². The minimum absolute atomic E-state index is 0.122. The molecule has 0 radical (unpaired) electrons. The van der Waals surface area contributed by atoms with Crippen LogP contribution in [0.15, 0.2) is 12.1 Å². The molecule has 2 rings (SSSR count). The highest BCUT2D eigenvalue weighted by Crippen LogP contribution is 2.30. The fraction of sp³-hybridized carbons (Fsp3) is 0.222. The Kier molecular flexibility index (Phi) is 1.69. The molecule has 0 spiro atoms. The van der Waals surface area contributed by atoms with Gasteiger partial charge in [0.2, 0.25) is 5.91 Å². The Morgan fingerprint density at radius 2 is 2.15 bits per heavy atom. The number of anilines is 1. The molecule has 4 heteroatoms. The van der Waals surface area contributed by atoms with Gasteiger partial charge in [-0.25, -0.2) is 4.39 Å². The van der Waals surface area contributed by atoms with Gasteiger partial charge in [-0.15, -0.1) is 0 Å².